The fourth-order valence-corrected chi connectivity index (χ4v) is 2.98. The summed E-state index contributed by atoms with van der Waals surface area (Å²) in [5.74, 6) is 0.162. The van der Waals surface area contributed by atoms with Crippen molar-refractivity contribution in [2.75, 3.05) is 19.8 Å². The molecule has 0 spiro atoms. The second kappa shape index (κ2) is 5.81. The van der Waals surface area contributed by atoms with Gasteiger partial charge >= 0.3 is 5.76 Å². The molecule has 1 unspecified atom stereocenters. The minimum Gasteiger partial charge on any atom is -0.408 e. The Morgan fingerprint density at radius 3 is 2.95 bits per heavy atom. The Labute approximate surface area is 117 Å². The maximum absolute atomic E-state index is 11.2. The van der Waals surface area contributed by atoms with Crippen molar-refractivity contribution < 1.29 is 9.15 Å². The number of nitrogens with one attached hydrogen (secondary N) is 2. The quantitative estimate of drug-likeness (QED) is 0.898. The summed E-state index contributed by atoms with van der Waals surface area (Å²) in [6.07, 6.45) is 2.12. The molecule has 2 aromatic rings. The first-order chi connectivity index (χ1) is 9.78. The van der Waals surface area contributed by atoms with Gasteiger partial charge in [-0.25, -0.2) is 4.79 Å². The Morgan fingerprint density at radius 1 is 1.40 bits per heavy atom. The van der Waals surface area contributed by atoms with E-state index in [0.717, 1.165) is 38.1 Å². The third-order valence-electron chi connectivity index (χ3n) is 3.97. The summed E-state index contributed by atoms with van der Waals surface area (Å²) in [4.78, 5) is 13.9. The molecule has 5 heteroatoms. The van der Waals surface area contributed by atoms with Crippen LogP contribution in [0, 0.1) is 5.92 Å². The van der Waals surface area contributed by atoms with E-state index in [1.54, 1.807) is 0 Å². The number of ether oxygens (including phenoxy) is 1. The van der Waals surface area contributed by atoms with E-state index < -0.39 is 5.76 Å². The molecule has 0 amide bonds. The average molecular weight is 276 g/mol. The lowest BCUT2D eigenvalue weighted by Crippen LogP contribution is -2.32. The van der Waals surface area contributed by atoms with Crippen molar-refractivity contribution >= 4 is 11.1 Å². The first kappa shape index (κ1) is 13.4. The van der Waals surface area contributed by atoms with Gasteiger partial charge in [0.25, 0.3) is 0 Å². The van der Waals surface area contributed by atoms with E-state index in [1.165, 1.54) is 5.56 Å². The van der Waals surface area contributed by atoms with Crippen molar-refractivity contribution in [3.63, 3.8) is 0 Å². The zero-order chi connectivity index (χ0) is 13.9. The SMILES string of the molecule is CCNC(c1ccc2[nH]c(=O)oc2c1)C1CCOCC1. The Morgan fingerprint density at radius 2 is 2.20 bits per heavy atom. The largest absolute Gasteiger partial charge is 0.417 e. The van der Waals surface area contributed by atoms with Crippen LogP contribution >= 0.6 is 0 Å². The van der Waals surface area contributed by atoms with E-state index in [2.05, 4.69) is 23.3 Å². The van der Waals surface area contributed by atoms with E-state index in [-0.39, 0.29) is 6.04 Å². The van der Waals surface area contributed by atoms with Crippen molar-refractivity contribution in [3.8, 4) is 0 Å². The van der Waals surface area contributed by atoms with E-state index in [1.807, 2.05) is 12.1 Å². The molecule has 3 rings (SSSR count). The van der Waals surface area contributed by atoms with Crippen LogP contribution in [-0.4, -0.2) is 24.7 Å². The second-order valence-electron chi connectivity index (χ2n) is 5.26. The summed E-state index contributed by atoms with van der Waals surface area (Å²) in [7, 11) is 0. The predicted molar refractivity (Wildman–Crippen MR) is 76.8 cm³/mol. The van der Waals surface area contributed by atoms with E-state index in [9.17, 15) is 4.79 Å². The fraction of sp³-hybridized carbons (Fsp3) is 0.533. The molecule has 1 aliphatic rings. The van der Waals surface area contributed by atoms with Gasteiger partial charge in [0.05, 0.1) is 5.52 Å². The number of hydrogen-bond acceptors (Lipinski definition) is 4. The fourth-order valence-electron chi connectivity index (χ4n) is 2.98. The van der Waals surface area contributed by atoms with Crippen LogP contribution in [0.1, 0.15) is 31.4 Å². The van der Waals surface area contributed by atoms with Gasteiger partial charge in [-0.1, -0.05) is 13.0 Å². The van der Waals surface area contributed by atoms with Gasteiger partial charge in [0.1, 0.15) is 0 Å². The van der Waals surface area contributed by atoms with Crippen molar-refractivity contribution in [1.29, 1.82) is 0 Å². The van der Waals surface area contributed by atoms with Crippen LogP contribution < -0.4 is 11.1 Å². The molecule has 0 radical (unpaired) electrons. The minimum absolute atomic E-state index is 0.286. The van der Waals surface area contributed by atoms with Crippen molar-refractivity contribution in [2.24, 2.45) is 5.92 Å². The Kier molecular flexibility index (Phi) is 3.89. The molecule has 1 aliphatic heterocycles. The number of benzene rings is 1. The third kappa shape index (κ3) is 2.64. The van der Waals surface area contributed by atoms with E-state index in [4.69, 9.17) is 9.15 Å². The summed E-state index contributed by atoms with van der Waals surface area (Å²) in [6.45, 7) is 4.68. The molecule has 1 fully saturated rings. The van der Waals surface area contributed by atoms with E-state index >= 15 is 0 Å². The number of fused-ring (bicyclic) bond motifs is 1. The second-order valence-corrected chi connectivity index (χ2v) is 5.26. The molecule has 1 aromatic carbocycles. The lowest BCUT2D eigenvalue weighted by atomic mass is 9.87. The highest BCUT2D eigenvalue weighted by molar-refractivity contribution is 5.72. The lowest BCUT2D eigenvalue weighted by Gasteiger charge is -2.31. The number of hydrogen-bond donors (Lipinski definition) is 2. The van der Waals surface area contributed by atoms with Crippen LogP contribution in [0.4, 0.5) is 0 Å². The molecule has 108 valence electrons. The van der Waals surface area contributed by atoms with Crippen LogP contribution in [0.5, 0.6) is 0 Å². The summed E-state index contributed by atoms with van der Waals surface area (Å²) in [5, 5.41) is 3.55. The van der Waals surface area contributed by atoms with Crippen LogP contribution in [-0.2, 0) is 4.74 Å². The molecule has 5 nitrogen and oxygen atoms in total. The normalized spacial score (nSPS) is 18.4. The van der Waals surface area contributed by atoms with Gasteiger partial charge in [-0.2, -0.15) is 0 Å². The maximum atomic E-state index is 11.2. The van der Waals surface area contributed by atoms with Gasteiger partial charge in [0, 0.05) is 19.3 Å². The van der Waals surface area contributed by atoms with Crippen molar-refractivity contribution in [3.05, 3.63) is 34.3 Å². The lowest BCUT2D eigenvalue weighted by molar-refractivity contribution is 0.0538. The van der Waals surface area contributed by atoms with Crippen LogP contribution in [0.2, 0.25) is 0 Å². The molecular weight excluding hydrogens is 256 g/mol. The molecule has 2 heterocycles. The molecule has 20 heavy (non-hydrogen) atoms. The molecular formula is C15H20N2O3. The topological polar surface area (TPSA) is 67.3 Å². The average Bonchev–Trinajstić information content (AvgIpc) is 2.84. The van der Waals surface area contributed by atoms with Gasteiger partial charge in [0.2, 0.25) is 0 Å². The highest BCUT2D eigenvalue weighted by atomic mass is 16.5. The number of oxazole rings is 1. The molecule has 0 aliphatic carbocycles. The number of aromatic amines is 1. The standard InChI is InChI=1S/C15H20N2O3/c1-2-16-14(10-5-7-19-8-6-10)11-3-4-12-13(9-11)20-15(18)17-12/h3-4,9-10,14,16H,2,5-8H2,1H3,(H,17,18). The minimum atomic E-state index is -0.400. The molecule has 0 bridgehead atoms. The van der Waals surface area contributed by atoms with Crippen molar-refractivity contribution in [2.45, 2.75) is 25.8 Å². The predicted octanol–water partition coefficient (Wildman–Crippen LogP) is 2.20. The Bertz CT molecular complexity index is 625. The highest BCUT2D eigenvalue weighted by Gasteiger charge is 2.25. The molecule has 1 saturated heterocycles. The Hall–Kier alpha value is -1.59. The summed E-state index contributed by atoms with van der Waals surface area (Å²) in [6, 6.07) is 6.24. The Balaban J connectivity index is 1.92. The molecule has 0 saturated carbocycles. The maximum Gasteiger partial charge on any atom is 0.417 e. The van der Waals surface area contributed by atoms with Crippen LogP contribution in [0.15, 0.2) is 27.4 Å². The van der Waals surface area contributed by atoms with Gasteiger partial charge in [-0.3, -0.25) is 4.98 Å². The summed E-state index contributed by atoms with van der Waals surface area (Å²) < 4.78 is 10.6. The number of aromatic nitrogens is 1. The van der Waals surface area contributed by atoms with Gasteiger partial charge in [-0.05, 0) is 43.0 Å². The number of H-pyrrole nitrogens is 1. The van der Waals surface area contributed by atoms with Gasteiger partial charge in [-0.15, -0.1) is 0 Å². The van der Waals surface area contributed by atoms with E-state index in [0.29, 0.717) is 11.5 Å². The summed E-state index contributed by atoms with van der Waals surface area (Å²) in [5.41, 5.74) is 2.55. The van der Waals surface area contributed by atoms with Crippen LogP contribution in [0.3, 0.4) is 0 Å². The summed E-state index contributed by atoms with van der Waals surface area (Å²) >= 11 is 0. The number of rotatable bonds is 4. The zero-order valence-electron chi connectivity index (χ0n) is 11.6. The molecule has 1 atom stereocenters. The molecule has 1 aromatic heterocycles. The molecule has 2 N–H and O–H groups in total. The first-order valence-corrected chi connectivity index (χ1v) is 7.22. The van der Waals surface area contributed by atoms with Crippen LogP contribution in [0.25, 0.3) is 11.1 Å². The first-order valence-electron chi connectivity index (χ1n) is 7.22. The third-order valence-corrected chi connectivity index (χ3v) is 3.97. The highest BCUT2D eigenvalue weighted by Crippen LogP contribution is 2.31. The van der Waals surface area contributed by atoms with Gasteiger partial charge in [0.15, 0.2) is 5.58 Å². The monoisotopic (exact) mass is 276 g/mol. The smallest absolute Gasteiger partial charge is 0.408 e. The zero-order valence-corrected chi connectivity index (χ0v) is 11.6. The van der Waals surface area contributed by atoms with Crippen molar-refractivity contribution in [1.82, 2.24) is 10.3 Å². The van der Waals surface area contributed by atoms with Gasteiger partial charge < -0.3 is 14.5 Å².